The Morgan fingerprint density at radius 2 is 1.75 bits per heavy atom. The fraction of sp³-hybridized carbons (Fsp3) is 0.423. The van der Waals surface area contributed by atoms with Gasteiger partial charge in [-0.3, -0.25) is 0 Å². The zero-order valence-electron chi connectivity index (χ0n) is 20.2. The van der Waals surface area contributed by atoms with Gasteiger partial charge in [0.05, 0.1) is 12.3 Å². The van der Waals surface area contributed by atoms with Gasteiger partial charge in [-0.1, -0.05) is 48.9 Å². The van der Waals surface area contributed by atoms with E-state index in [4.69, 9.17) is 2.74 Å². The van der Waals surface area contributed by atoms with Crippen molar-refractivity contribution in [1.29, 1.82) is 0 Å². The summed E-state index contributed by atoms with van der Waals surface area (Å²) in [4.78, 5) is 0. The van der Waals surface area contributed by atoms with Gasteiger partial charge in [0.15, 0.2) is 6.17 Å². The Labute approximate surface area is 174 Å². The van der Waals surface area contributed by atoms with E-state index in [1.165, 1.54) is 52.7 Å². The van der Waals surface area contributed by atoms with Crippen LogP contribution in [0.3, 0.4) is 0 Å². The lowest BCUT2D eigenvalue weighted by Gasteiger charge is -2.33. The van der Waals surface area contributed by atoms with Gasteiger partial charge in [-0.15, -0.1) is 0 Å². The van der Waals surface area contributed by atoms with Crippen LogP contribution in [0.4, 0.5) is 0 Å². The van der Waals surface area contributed by atoms with Crippen LogP contribution in [0.25, 0.3) is 22.0 Å². The number of benzene rings is 2. The summed E-state index contributed by atoms with van der Waals surface area (Å²) in [5.41, 5.74) is 7.33. The summed E-state index contributed by atoms with van der Waals surface area (Å²) >= 11 is 0. The molecule has 1 nitrogen and oxygen atoms in total. The molecule has 0 radical (unpaired) electrons. The quantitative estimate of drug-likeness (QED) is 0.333. The smallest absolute Gasteiger partial charge is 0.200 e. The monoisotopic (exact) mass is 390 g/mol. The Kier molecular flexibility index (Phi) is 4.33. The highest BCUT2D eigenvalue weighted by Gasteiger charge is 2.29. The molecule has 1 fully saturated rings. The van der Waals surface area contributed by atoms with E-state index in [0.717, 1.165) is 16.5 Å². The van der Waals surface area contributed by atoms with Crippen molar-refractivity contribution in [2.75, 3.05) is 0 Å². The van der Waals surface area contributed by atoms with Crippen LogP contribution in [-0.4, -0.2) is 8.07 Å². The Bertz CT molecular complexity index is 1140. The average Bonchev–Trinajstić information content (AvgIpc) is 2.70. The van der Waals surface area contributed by atoms with Gasteiger partial charge in [0.2, 0.25) is 5.69 Å². The third-order valence-electron chi connectivity index (χ3n) is 6.87. The number of hydrogen-bond acceptors (Lipinski definition) is 0. The number of aromatic nitrogens is 1. The average molecular weight is 391 g/mol. The highest BCUT2D eigenvalue weighted by atomic mass is 28.3. The Morgan fingerprint density at radius 3 is 2.46 bits per heavy atom. The summed E-state index contributed by atoms with van der Waals surface area (Å²) in [6.07, 6.45) is 2.83. The molecular formula is C26H34NSi+. The molecule has 0 unspecified atom stereocenters. The maximum Gasteiger partial charge on any atom is 0.220 e. The van der Waals surface area contributed by atoms with Gasteiger partial charge in [0.25, 0.3) is 0 Å². The molecule has 2 heterocycles. The number of hydrogen-bond donors (Lipinski definition) is 0. The minimum absolute atomic E-state index is 0.283. The molecular weight excluding hydrogens is 354 g/mol. The zero-order valence-corrected chi connectivity index (χ0v) is 19.2. The third-order valence-corrected chi connectivity index (χ3v) is 10.2. The first-order chi connectivity index (χ1) is 14.1. The van der Waals surface area contributed by atoms with Gasteiger partial charge in [0, 0.05) is 14.1 Å². The molecule has 3 aromatic rings. The highest BCUT2D eigenvalue weighted by Crippen LogP contribution is 2.39. The predicted octanol–water partition coefficient (Wildman–Crippen LogP) is 6.84. The van der Waals surface area contributed by atoms with Crippen molar-refractivity contribution in [2.24, 2.45) is 7.05 Å². The molecule has 1 aliphatic rings. The van der Waals surface area contributed by atoms with E-state index in [2.05, 4.69) is 64.2 Å². The van der Waals surface area contributed by atoms with E-state index in [0.29, 0.717) is 12.0 Å². The summed E-state index contributed by atoms with van der Waals surface area (Å²) in [6.45, 7) is 11.5. The van der Waals surface area contributed by atoms with Crippen LogP contribution in [0, 0.1) is 20.8 Å². The number of nitrogens with zero attached hydrogens (tertiary/aromatic N) is 1. The molecule has 0 spiro atoms. The predicted molar refractivity (Wildman–Crippen MR) is 124 cm³/mol. The summed E-state index contributed by atoms with van der Waals surface area (Å²) in [7, 11) is 0.938. The maximum absolute atomic E-state index is 8.70. The largest absolute Gasteiger partial charge is 0.220 e. The first-order valence-electron chi connectivity index (χ1n) is 11.6. The van der Waals surface area contributed by atoms with Crippen LogP contribution in [0.1, 0.15) is 43.8 Å². The molecule has 2 aromatic carbocycles. The van der Waals surface area contributed by atoms with Crippen molar-refractivity contribution in [1.82, 2.24) is 0 Å². The molecule has 4 rings (SSSR count). The van der Waals surface area contributed by atoms with Gasteiger partial charge in [0.1, 0.15) is 8.42 Å². The number of fused-ring (bicyclic) bond motifs is 1. The summed E-state index contributed by atoms with van der Waals surface area (Å²) in [5.74, 6) is 0.601. The lowest BCUT2D eigenvalue weighted by atomic mass is 9.90. The molecule has 2 heteroatoms. The minimum atomic E-state index is -0.987. The Morgan fingerprint density at radius 1 is 1.04 bits per heavy atom. The first-order valence-corrected chi connectivity index (χ1v) is 14.0. The second-order valence-electron chi connectivity index (χ2n) is 9.64. The van der Waals surface area contributed by atoms with Crippen molar-refractivity contribution in [3.05, 3.63) is 64.8 Å². The summed E-state index contributed by atoms with van der Waals surface area (Å²) in [6, 6.07) is 14.3. The standard InChI is InChI=1S/C26H34NSi/c1-18-15-19(2)20(3)25(16-18)26-24-8-7-22(17-23(24)9-12-27(26)4)21-10-13-28(5,6)14-11-21/h7-9,12,15-17,21H,10-11,13-14H2,1-6H3/q+1/i9D,12D. The number of rotatable bonds is 2. The van der Waals surface area contributed by atoms with Crippen molar-refractivity contribution in [3.63, 3.8) is 0 Å². The number of pyridine rings is 1. The van der Waals surface area contributed by atoms with Crippen molar-refractivity contribution < 1.29 is 7.31 Å². The van der Waals surface area contributed by atoms with Crippen molar-refractivity contribution in [3.8, 4) is 11.3 Å². The highest BCUT2D eigenvalue weighted by molar-refractivity contribution is 6.77. The number of aryl methyl sites for hydroxylation is 2. The zero-order chi connectivity index (χ0) is 21.8. The van der Waals surface area contributed by atoms with Crippen molar-refractivity contribution >= 4 is 18.8 Å². The van der Waals surface area contributed by atoms with Crippen LogP contribution < -0.4 is 4.57 Å². The molecule has 0 N–H and O–H groups in total. The van der Waals surface area contributed by atoms with E-state index >= 15 is 0 Å². The fourth-order valence-corrected chi connectivity index (χ4v) is 7.36. The molecule has 0 bridgehead atoms. The van der Waals surface area contributed by atoms with Gasteiger partial charge in [-0.2, -0.15) is 0 Å². The van der Waals surface area contributed by atoms with Crippen LogP contribution in [-0.2, 0) is 7.05 Å². The van der Waals surface area contributed by atoms with E-state index in [9.17, 15) is 0 Å². The molecule has 1 aromatic heterocycles. The lowest BCUT2D eigenvalue weighted by molar-refractivity contribution is -0.659. The van der Waals surface area contributed by atoms with E-state index in [1.54, 1.807) is 0 Å². The SMILES string of the molecule is [2H]c1c([2H])[n+](C)c(-c2cc(C)cc(C)c2C)c2ccc(C3CC[Si](C)(C)CC3)cc12. The lowest BCUT2D eigenvalue weighted by Crippen LogP contribution is -2.31. The normalized spacial score (nSPS) is 18.2. The van der Waals surface area contributed by atoms with Crippen LogP contribution >= 0.6 is 0 Å². The summed E-state index contributed by atoms with van der Waals surface area (Å²) < 4.78 is 19.2. The van der Waals surface area contributed by atoms with Crippen LogP contribution in [0.15, 0.2) is 42.5 Å². The molecule has 1 aliphatic heterocycles. The van der Waals surface area contributed by atoms with Gasteiger partial charge in [-0.05, 0) is 73.7 Å². The van der Waals surface area contributed by atoms with E-state index in [-0.39, 0.29) is 6.17 Å². The van der Waals surface area contributed by atoms with Gasteiger partial charge < -0.3 is 0 Å². The van der Waals surface area contributed by atoms with Crippen molar-refractivity contribution in [2.45, 2.75) is 64.7 Å². The van der Waals surface area contributed by atoms with Crippen LogP contribution in [0.2, 0.25) is 25.2 Å². The second kappa shape index (κ2) is 7.15. The third kappa shape index (κ3) is 3.55. The van der Waals surface area contributed by atoms with Gasteiger partial charge >= 0.3 is 0 Å². The minimum Gasteiger partial charge on any atom is -0.200 e. The topological polar surface area (TPSA) is 3.88 Å². The molecule has 146 valence electrons. The summed E-state index contributed by atoms with van der Waals surface area (Å²) in [5, 5.41) is 2.01. The van der Waals surface area contributed by atoms with Gasteiger partial charge in [-0.25, -0.2) is 4.57 Å². The maximum atomic E-state index is 8.70. The molecule has 1 saturated heterocycles. The molecule has 0 saturated carbocycles. The molecule has 0 aliphatic carbocycles. The molecule has 28 heavy (non-hydrogen) atoms. The van der Waals surface area contributed by atoms with E-state index < -0.39 is 8.07 Å². The molecule has 0 atom stereocenters. The van der Waals surface area contributed by atoms with E-state index in [1.807, 2.05) is 11.6 Å². The fourth-order valence-electron chi connectivity index (χ4n) is 4.85. The first kappa shape index (κ1) is 17.0. The Hall–Kier alpha value is -1.93. The Balaban J connectivity index is 1.91. The van der Waals surface area contributed by atoms with Crippen LogP contribution in [0.5, 0.6) is 0 Å². The second-order valence-corrected chi connectivity index (χ2v) is 15.0. The molecule has 0 amide bonds.